The summed E-state index contributed by atoms with van der Waals surface area (Å²) in [5, 5.41) is 14.6. The molecule has 8 nitrogen and oxygen atoms in total. The first-order chi connectivity index (χ1) is 14.0. The maximum absolute atomic E-state index is 12.4. The molecule has 29 heavy (non-hydrogen) atoms. The molecule has 1 heterocycles. The highest BCUT2D eigenvalue weighted by molar-refractivity contribution is 7.99. The monoisotopic (exact) mass is 412 g/mol. The van der Waals surface area contributed by atoms with Crippen molar-refractivity contribution in [3.63, 3.8) is 0 Å². The summed E-state index contributed by atoms with van der Waals surface area (Å²) in [6, 6.07) is 12.3. The number of nitrogens with one attached hydrogen (secondary N) is 1. The van der Waals surface area contributed by atoms with Crippen LogP contribution in [0, 0.1) is 17.0 Å². The number of hydrogen-bond acceptors (Lipinski definition) is 6. The summed E-state index contributed by atoms with van der Waals surface area (Å²) in [7, 11) is 0. The molecule has 0 aliphatic carbocycles. The minimum absolute atomic E-state index is 0.0627. The summed E-state index contributed by atoms with van der Waals surface area (Å²) in [4.78, 5) is 27.4. The Kier molecular flexibility index (Phi) is 6.50. The molecule has 1 N–H and O–H groups in total. The zero-order valence-corrected chi connectivity index (χ0v) is 16.8. The van der Waals surface area contributed by atoms with Gasteiger partial charge in [0.1, 0.15) is 11.4 Å². The molecule has 3 rings (SSSR count). The molecule has 0 aliphatic rings. The van der Waals surface area contributed by atoms with E-state index in [1.54, 1.807) is 19.2 Å². The van der Waals surface area contributed by atoms with E-state index in [0.717, 1.165) is 11.3 Å². The fourth-order valence-electron chi connectivity index (χ4n) is 2.71. The number of hydrogen-bond donors (Lipinski definition) is 1. The summed E-state index contributed by atoms with van der Waals surface area (Å²) >= 11 is 1.25. The summed E-state index contributed by atoms with van der Waals surface area (Å²) in [5.41, 5.74) is 1.99. The molecule has 0 radical (unpaired) electrons. The third kappa shape index (κ3) is 5.14. The lowest BCUT2D eigenvalue weighted by atomic mass is 10.2. The number of ether oxygens (including phenoxy) is 1. The molecule has 0 atom stereocenters. The number of imidazole rings is 1. The number of aromatic nitrogens is 2. The Morgan fingerprint density at radius 2 is 2.14 bits per heavy atom. The number of carbonyl (C=O) groups is 1. The zero-order chi connectivity index (χ0) is 20.8. The lowest BCUT2D eigenvalue weighted by Crippen LogP contribution is -2.15. The van der Waals surface area contributed by atoms with E-state index in [1.165, 1.54) is 23.9 Å². The number of rotatable bonds is 8. The number of benzene rings is 2. The largest absolute Gasteiger partial charge is 0.494 e. The van der Waals surface area contributed by atoms with Gasteiger partial charge in [-0.1, -0.05) is 23.9 Å². The van der Waals surface area contributed by atoms with Gasteiger partial charge in [0.05, 0.1) is 23.3 Å². The number of thioether (sulfide) groups is 1. The summed E-state index contributed by atoms with van der Waals surface area (Å²) in [6.45, 7) is 4.19. The number of carbonyl (C=O) groups excluding carboxylic acids is 1. The van der Waals surface area contributed by atoms with Gasteiger partial charge in [0.2, 0.25) is 5.91 Å². The van der Waals surface area contributed by atoms with Crippen LogP contribution in [0.25, 0.3) is 5.69 Å². The highest BCUT2D eigenvalue weighted by atomic mass is 32.2. The molecule has 2 aromatic carbocycles. The van der Waals surface area contributed by atoms with Crippen LogP contribution in [0.4, 0.5) is 11.4 Å². The molecular formula is C20H20N4O4S. The number of amides is 1. The molecule has 0 aliphatic heterocycles. The van der Waals surface area contributed by atoms with Gasteiger partial charge in [-0.05, 0) is 43.7 Å². The van der Waals surface area contributed by atoms with Crippen LogP contribution in [0.5, 0.6) is 5.75 Å². The molecule has 0 bridgehead atoms. The topological polar surface area (TPSA) is 99.3 Å². The Labute approximate surface area is 172 Å². The Bertz CT molecular complexity index is 1030. The molecule has 9 heteroatoms. The third-order valence-corrected chi connectivity index (χ3v) is 4.94. The molecule has 0 saturated carbocycles. The number of nitrogens with zero attached hydrogens (tertiary/aromatic N) is 3. The van der Waals surface area contributed by atoms with E-state index >= 15 is 0 Å². The molecule has 0 spiro atoms. The van der Waals surface area contributed by atoms with E-state index in [2.05, 4.69) is 10.3 Å². The van der Waals surface area contributed by atoms with Gasteiger partial charge in [0, 0.05) is 18.1 Å². The fourth-order valence-corrected chi connectivity index (χ4v) is 3.49. The molecule has 0 fully saturated rings. The van der Waals surface area contributed by atoms with E-state index in [-0.39, 0.29) is 23.0 Å². The number of nitro benzene ring substituents is 1. The normalized spacial score (nSPS) is 10.6. The lowest BCUT2D eigenvalue weighted by Gasteiger charge is -2.10. The van der Waals surface area contributed by atoms with Gasteiger partial charge in [-0.3, -0.25) is 19.5 Å². The minimum atomic E-state index is -0.546. The molecule has 1 aromatic heterocycles. The Hall–Kier alpha value is -3.33. The van der Waals surface area contributed by atoms with E-state index < -0.39 is 4.92 Å². The van der Waals surface area contributed by atoms with Crippen LogP contribution in [-0.4, -0.2) is 32.7 Å². The van der Waals surface area contributed by atoms with Gasteiger partial charge >= 0.3 is 0 Å². The molecule has 150 valence electrons. The molecular weight excluding hydrogens is 392 g/mol. The fraction of sp³-hybridized carbons (Fsp3) is 0.200. The van der Waals surface area contributed by atoms with Crippen molar-refractivity contribution in [2.75, 3.05) is 17.7 Å². The third-order valence-electron chi connectivity index (χ3n) is 3.97. The number of nitro groups is 1. The van der Waals surface area contributed by atoms with Crippen molar-refractivity contribution in [1.82, 2.24) is 9.55 Å². The second-order valence-corrected chi connectivity index (χ2v) is 7.07. The molecule has 1 amide bonds. The molecule has 3 aromatic rings. The van der Waals surface area contributed by atoms with Crippen molar-refractivity contribution in [3.8, 4) is 11.4 Å². The highest BCUT2D eigenvalue weighted by Crippen LogP contribution is 2.29. The predicted octanol–water partition coefficient (Wildman–Crippen LogP) is 4.22. The smallest absolute Gasteiger partial charge is 0.296 e. The van der Waals surface area contributed by atoms with Crippen LogP contribution < -0.4 is 10.1 Å². The van der Waals surface area contributed by atoms with Crippen LogP contribution in [0.1, 0.15) is 12.5 Å². The quantitative estimate of drug-likeness (QED) is 0.338. The Balaban J connectivity index is 1.69. The minimum Gasteiger partial charge on any atom is -0.494 e. The van der Waals surface area contributed by atoms with Crippen molar-refractivity contribution in [3.05, 3.63) is 70.5 Å². The van der Waals surface area contributed by atoms with Crippen molar-refractivity contribution in [1.29, 1.82) is 0 Å². The van der Waals surface area contributed by atoms with Gasteiger partial charge in [-0.15, -0.1) is 0 Å². The standard InChI is InChI=1S/C20H20N4O4S/c1-3-28-16-7-8-17(18(12-16)24(26)27)22-19(25)13-29-20-21-9-10-23(20)15-6-4-5-14(2)11-15/h4-12H,3,13H2,1-2H3,(H,22,25). The first-order valence-corrected chi connectivity index (χ1v) is 9.90. The van der Waals surface area contributed by atoms with E-state index in [0.29, 0.717) is 17.5 Å². The molecule has 0 saturated heterocycles. The second kappa shape index (κ2) is 9.24. The maximum Gasteiger partial charge on any atom is 0.296 e. The van der Waals surface area contributed by atoms with Crippen molar-refractivity contribution < 1.29 is 14.5 Å². The van der Waals surface area contributed by atoms with Crippen LogP contribution in [0.3, 0.4) is 0 Å². The van der Waals surface area contributed by atoms with Gasteiger partial charge < -0.3 is 10.1 Å². The summed E-state index contributed by atoms with van der Waals surface area (Å²) in [5.74, 6) is 0.0838. The Morgan fingerprint density at radius 3 is 2.86 bits per heavy atom. The lowest BCUT2D eigenvalue weighted by molar-refractivity contribution is -0.384. The van der Waals surface area contributed by atoms with E-state index in [9.17, 15) is 14.9 Å². The maximum atomic E-state index is 12.4. The van der Waals surface area contributed by atoms with Crippen LogP contribution in [0.15, 0.2) is 60.0 Å². The van der Waals surface area contributed by atoms with Gasteiger partial charge in [-0.25, -0.2) is 4.98 Å². The van der Waals surface area contributed by atoms with Gasteiger partial charge in [0.25, 0.3) is 5.69 Å². The zero-order valence-electron chi connectivity index (χ0n) is 16.0. The van der Waals surface area contributed by atoms with Crippen molar-refractivity contribution >= 4 is 29.0 Å². The predicted molar refractivity (Wildman–Crippen MR) is 112 cm³/mol. The number of anilines is 1. The Morgan fingerprint density at radius 1 is 1.31 bits per heavy atom. The van der Waals surface area contributed by atoms with Crippen LogP contribution in [-0.2, 0) is 4.79 Å². The van der Waals surface area contributed by atoms with Crippen molar-refractivity contribution in [2.45, 2.75) is 19.0 Å². The average molecular weight is 412 g/mol. The average Bonchev–Trinajstić information content (AvgIpc) is 3.16. The molecule has 0 unspecified atom stereocenters. The van der Waals surface area contributed by atoms with E-state index in [1.807, 2.05) is 42.0 Å². The van der Waals surface area contributed by atoms with Gasteiger partial charge in [-0.2, -0.15) is 0 Å². The SMILES string of the molecule is CCOc1ccc(NC(=O)CSc2nccn2-c2cccc(C)c2)c([N+](=O)[O-])c1. The first-order valence-electron chi connectivity index (χ1n) is 8.92. The van der Waals surface area contributed by atoms with Crippen LogP contribution in [0.2, 0.25) is 0 Å². The summed E-state index contributed by atoms with van der Waals surface area (Å²) in [6.07, 6.45) is 3.49. The summed E-state index contributed by atoms with van der Waals surface area (Å²) < 4.78 is 7.18. The first kappa shape index (κ1) is 20.4. The van der Waals surface area contributed by atoms with Crippen molar-refractivity contribution in [2.24, 2.45) is 0 Å². The number of aryl methyl sites for hydroxylation is 1. The second-order valence-electron chi connectivity index (χ2n) is 6.12. The highest BCUT2D eigenvalue weighted by Gasteiger charge is 2.18. The van der Waals surface area contributed by atoms with Crippen LogP contribution >= 0.6 is 11.8 Å². The van der Waals surface area contributed by atoms with Gasteiger partial charge in [0.15, 0.2) is 5.16 Å². The van der Waals surface area contributed by atoms with E-state index in [4.69, 9.17) is 4.74 Å².